The number of nitro groups is 1. The molecule has 0 radical (unpaired) electrons. The van der Waals surface area contributed by atoms with E-state index >= 15 is 0 Å². The van der Waals surface area contributed by atoms with Crippen molar-refractivity contribution in [2.45, 2.75) is 13.5 Å². The highest BCUT2D eigenvalue weighted by atomic mass is 16.6. The van der Waals surface area contributed by atoms with Crippen LogP contribution in [0.3, 0.4) is 0 Å². The van der Waals surface area contributed by atoms with Crippen LogP contribution in [0.4, 0.5) is 5.69 Å². The normalized spacial score (nSPS) is 10.4. The zero-order chi connectivity index (χ0) is 14.6. The first-order chi connectivity index (χ1) is 8.90. The largest absolute Gasteiger partial charge is 0.476 e. The molecule has 104 valence electrons. The molecule has 0 unspecified atom stereocenters. The maximum Gasteiger partial charge on any atom is 0.363 e. The second-order valence-electron chi connectivity index (χ2n) is 3.33. The number of rotatable bonds is 7. The molecule has 0 amide bonds. The summed E-state index contributed by atoms with van der Waals surface area (Å²) in [6, 6.07) is 0. The van der Waals surface area contributed by atoms with Crippen molar-refractivity contribution >= 4 is 17.6 Å². The van der Waals surface area contributed by atoms with Gasteiger partial charge in [-0.1, -0.05) is 0 Å². The molecule has 0 aliphatic carbocycles. The van der Waals surface area contributed by atoms with E-state index in [2.05, 4.69) is 5.10 Å². The fraction of sp³-hybridized carbons (Fsp3) is 0.444. The topological polar surface area (TPSA) is 145 Å². The van der Waals surface area contributed by atoms with Crippen molar-refractivity contribution in [3.05, 3.63) is 21.5 Å². The lowest BCUT2D eigenvalue weighted by molar-refractivity contribution is -0.385. The average Bonchev–Trinajstić information content (AvgIpc) is 2.69. The van der Waals surface area contributed by atoms with Gasteiger partial charge in [-0.25, -0.2) is 14.3 Å². The number of aromatic carboxylic acids is 2. The van der Waals surface area contributed by atoms with Gasteiger partial charge in [-0.05, 0) is 6.92 Å². The summed E-state index contributed by atoms with van der Waals surface area (Å²) in [6.45, 7) is 2.06. The number of nitrogens with zero attached hydrogens (tertiary/aromatic N) is 3. The summed E-state index contributed by atoms with van der Waals surface area (Å²) < 4.78 is 5.72. The lowest BCUT2D eigenvalue weighted by atomic mass is 10.3. The van der Waals surface area contributed by atoms with E-state index in [1.54, 1.807) is 6.92 Å². The van der Waals surface area contributed by atoms with Crippen molar-refractivity contribution in [2.75, 3.05) is 13.2 Å². The van der Waals surface area contributed by atoms with Gasteiger partial charge in [-0.2, -0.15) is 5.10 Å². The fourth-order valence-corrected chi connectivity index (χ4v) is 1.44. The predicted octanol–water partition coefficient (Wildman–Crippen LogP) is 0.224. The van der Waals surface area contributed by atoms with Crippen LogP contribution in [0.25, 0.3) is 0 Å². The van der Waals surface area contributed by atoms with Gasteiger partial charge in [-0.3, -0.25) is 10.1 Å². The van der Waals surface area contributed by atoms with Gasteiger partial charge >= 0.3 is 17.6 Å². The molecule has 0 aliphatic heterocycles. The Morgan fingerprint density at radius 3 is 2.47 bits per heavy atom. The van der Waals surface area contributed by atoms with Crippen LogP contribution < -0.4 is 0 Å². The lowest BCUT2D eigenvalue weighted by Crippen LogP contribution is -2.14. The third kappa shape index (κ3) is 3.04. The Morgan fingerprint density at radius 2 is 2.05 bits per heavy atom. The van der Waals surface area contributed by atoms with Crippen LogP contribution in [0, 0.1) is 10.1 Å². The molecule has 10 nitrogen and oxygen atoms in total. The number of carboxylic acids is 2. The molecule has 2 N–H and O–H groups in total. The Labute approximate surface area is 106 Å². The van der Waals surface area contributed by atoms with E-state index in [0.29, 0.717) is 6.61 Å². The minimum absolute atomic E-state index is 0.0642. The molecular formula is C9H11N3O7. The van der Waals surface area contributed by atoms with Crippen molar-refractivity contribution < 1.29 is 29.5 Å². The molecule has 1 aromatic rings. The Bertz CT molecular complexity index is 522. The van der Waals surface area contributed by atoms with Gasteiger partial charge in [0.15, 0.2) is 0 Å². The monoisotopic (exact) mass is 273 g/mol. The predicted molar refractivity (Wildman–Crippen MR) is 59.3 cm³/mol. The number of hydrogen-bond acceptors (Lipinski definition) is 6. The van der Waals surface area contributed by atoms with Crippen LogP contribution in [0.1, 0.15) is 27.9 Å². The molecule has 1 aromatic heterocycles. The molecule has 19 heavy (non-hydrogen) atoms. The molecule has 0 bridgehead atoms. The summed E-state index contributed by atoms with van der Waals surface area (Å²) in [6.07, 6.45) is 0. The van der Waals surface area contributed by atoms with Crippen LogP contribution in [0.15, 0.2) is 0 Å². The third-order valence-electron chi connectivity index (χ3n) is 2.17. The molecule has 1 rings (SSSR count). The van der Waals surface area contributed by atoms with Crippen LogP contribution in [0.5, 0.6) is 0 Å². The van der Waals surface area contributed by atoms with Gasteiger partial charge in [-0.15, -0.1) is 0 Å². The van der Waals surface area contributed by atoms with Crippen molar-refractivity contribution in [1.29, 1.82) is 0 Å². The minimum Gasteiger partial charge on any atom is -0.476 e. The van der Waals surface area contributed by atoms with Gasteiger partial charge in [0.2, 0.25) is 11.4 Å². The van der Waals surface area contributed by atoms with Crippen LogP contribution >= 0.6 is 0 Å². The standard InChI is InChI=1S/C9H11N3O7/c1-2-19-4-3-11-7(9(15)16)6(12(17)18)5(10-11)8(13)14/h2-4H2,1H3,(H,13,14)(H,15,16). The molecule has 1 heterocycles. The Balaban J connectivity index is 3.30. The molecule has 0 saturated carbocycles. The summed E-state index contributed by atoms with van der Waals surface area (Å²) in [5, 5.41) is 32.0. The van der Waals surface area contributed by atoms with Crippen molar-refractivity contribution in [1.82, 2.24) is 9.78 Å². The van der Waals surface area contributed by atoms with E-state index < -0.39 is 33.9 Å². The van der Waals surface area contributed by atoms with E-state index in [-0.39, 0.29) is 13.2 Å². The van der Waals surface area contributed by atoms with E-state index in [4.69, 9.17) is 14.9 Å². The highest BCUT2D eigenvalue weighted by Gasteiger charge is 2.35. The number of hydrogen-bond donors (Lipinski definition) is 2. The first-order valence-electron chi connectivity index (χ1n) is 5.19. The summed E-state index contributed by atoms with van der Waals surface area (Å²) in [5.41, 5.74) is -2.71. The first-order valence-corrected chi connectivity index (χ1v) is 5.19. The molecule has 0 spiro atoms. The molecule has 0 fully saturated rings. The summed E-state index contributed by atoms with van der Waals surface area (Å²) in [5.74, 6) is -3.28. The minimum atomic E-state index is -1.66. The molecule has 0 saturated heterocycles. The van der Waals surface area contributed by atoms with Crippen molar-refractivity contribution in [3.63, 3.8) is 0 Å². The first kappa shape index (κ1) is 14.6. The van der Waals surface area contributed by atoms with E-state index in [1.165, 1.54) is 0 Å². The fourth-order valence-electron chi connectivity index (χ4n) is 1.44. The molecule has 0 aliphatic rings. The van der Waals surface area contributed by atoms with Gasteiger partial charge in [0, 0.05) is 6.61 Å². The summed E-state index contributed by atoms with van der Waals surface area (Å²) in [4.78, 5) is 31.6. The van der Waals surface area contributed by atoms with Crippen LogP contribution in [-0.2, 0) is 11.3 Å². The maximum atomic E-state index is 11.0. The Kier molecular flexibility index (Phi) is 4.53. The van der Waals surface area contributed by atoms with E-state index in [1.807, 2.05) is 0 Å². The number of carboxylic acid groups (broad SMARTS) is 2. The van der Waals surface area contributed by atoms with Gasteiger partial charge in [0.1, 0.15) is 0 Å². The number of aromatic nitrogens is 2. The van der Waals surface area contributed by atoms with Gasteiger partial charge < -0.3 is 14.9 Å². The summed E-state index contributed by atoms with van der Waals surface area (Å²) in [7, 11) is 0. The number of carbonyl (C=O) groups is 2. The highest BCUT2D eigenvalue weighted by molar-refractivity contribution is 5.98. The molecule has 0 aromatic carbocycles. The molecular weight excluding hydrogens is 262 g/mol. The SMILES string of the molecule is CCOCCn1nc(C(=O)O)c([N+](=O)[O-])c1C(=O)O. The van der Waals surface area contributed by atoms with Crippen LogP contribution in [-0.4, -0.2) is 50.1 Å². The number of ether oxygens (including phenoxy) is 1. The third-order valence-corrected chi connectivity index (χ3v) is 2.17. The van der Waals surface area contributed by atoms with E-state index in [9.17, 15) is 19.7 Å². The second-order valence-corrected chi connectivity index (χ2v) is 3.33. The zero-order valence-corrected chi connectivity index (χ0v) is 9.90. The molecule has 10 heteroatoms. The summed E-state index contributed by atoms with van der Waals surface area (Å²) >= 11 is 0. The van der Waals surface area contributed by atoms with Crippen molar-refractivity contribution in [3.8, 4) is 0 Å². The quantitative estimate of drug-likeness (QED) is 0.407. The van der Waals surface area contributed by atoms with Crippen LogP contribution in [0.2, 0.25) is 0 Å². The van der Waals surface area contributed by atoms with E-state index in [0.717, 1.165) is 4.68 Å². The smallest absolute Gasteiger partial charge is 0.363 e. The average molecular weight is 273 g/mol. The highest BCUT2D eigenvalue weighted by Crippen LogP contribution is 2.23. The molecule has 0 atom stereocenters. The Hall–Kier alpha value is -2.49. The second kappa shape index (κ2) is 5.91. The van der Waals surface area contributed by atoms with Crippen molar-refractivity contribution in [2.24, 2.45) is 0 Å². The Morgan fingerprint density at radius 1 is 1.42 bits per heavy atom. The maximum absolute atomic E-state index is 11.0. The van der Waals surface area contributed by atoms with Gasteiger partial charge in [0.05, 0.1) is 18.1 Å². The zero-order valence-electron chi connectivity index (χ0n) is 9.90. The lowest BCUT2D eigenvalue weighted by Gasteiger charge is -2.03. The van der Waals surface area contributed by atoms with Gasteiger partial charge in [0.25, 0.3) is 0 Å².